The molecule has 0 spiro atoms. The second-order valence-electron chi connectivity index (χ2n) is 4.32. The topological polar surface area (TPSA) is 39.7 Å². The van der Waals surface area contributed by atoms with E-state index in [2.05, 4.69) is 10.3 Å². The van der Waals surface area contributed by atoms with Gasteiger partial charge in [0.2, 0.25) is 0 Å². The lowest BCUT2D eigenvalue weighted by molar-refractivity contribution is -0.192. The fraction of sp³-hybridized carbons (Fsp3) is 0.538. The number of nitrogens with one attached hydrogen (secondary N) is 1. The van der Waals surface area contributed by atoms with Crippen LogP contribution in [-0.4, -0.2) is 33.0 Å². The van der Waals surface area contributed by atoms with Crippen LogP contribution in [0.4, 0.5) is 13.2 Å². The summed E-state index contributed by atoms with van der Waals surface area (Å²) in [4.78, 5) is 4.40. The molecule has 1 aromatic rings. The predicted octanol–water partition coefficient (Wildman–Crippen LogP) is 2.72. The number of hydrogen-bond donors (Lipinski definition) is 1. The van der Waals surface area contributed by atoms with Crippen molar-refractivity contribution in [3.05, 3.63) is 23.8 Å². The number of hydrogen-bond acceptors (Lipinski definition) is 4. The normalized spacial score (nSPS) is 13.1. The van der Waals surface area contributed by atoms with Gasteiger partial charge < -0.3 is 9.47 Å². The standard InChI is InChI=1S/C13H18F3NO3/c1-9(17-20-8-13(14,15)16)6-10-4-5-11(18-2)12(7-10)19-3/h4-5,7,9,17H,6,8H2,1-3H3. The molecule has 0 fully saturated rings. The fourth-order valence-electron chi connectivity index (χ4n) is 1.67. The van der Waals surface area contributed by atoms with E-state index in [0.29, 0.717) is 17.9 Å². The van der Waals surface area contributed by atoms with E-state index in [-0.39, 0.29) is 6.04 Å². The predicted molar refractivity (Wildman–Crippen MR) is 67.9 cm³/mol. The van der Waals surface area contributed by atoms with Crippen LogP contribution < -0.4 is 15.0 Å². The first kappa shape index (κ1) is 16.6. The Morgan fingerprint density at radius 2 is 1.80 bits per heavy atom. The van der Waals surface area contributed by atoms with Crippen molar-refractivity contribution >= 4 is 0 Å². The van der Waals surface area contributed by atoms with Crippen LogP contribution >= 0.6 is 0 Å². The average molecular weight is 293 g/mol. The number of methoxy groups -OCH3 is 2. The lowest BCUT2D eigenvalue weighted by Crippen LogP contribution is -2.32. The Hall–Kier alpha value is -1.47. The van der Waals surface area contributed by atoms with E-state index in [0.717, 1.165) is 5.56 Å². The molecule has 1 unspecified atom stereocenters. The molecular formula is C13H18F3NO3. The molecule has 1 rings (SSSR count). The Bertz CT molecular complexity index is 424. The summed E-state index contributed by atoms with van der Waals surface area (Å²) < 4.78 is 46.0. The number of rotatable bonds is 7. The van der Waals surface area contributed by atoms with E-state index in [4.69, 9.17) is 9.47 Å². The second kappa shape index (κ2) is 7.35. The first-order valence-electron chi connectivity index (χ1n) is 6.00. The van der Waals surface area contributed by atoms with Crippen molar-refractivity contribution in [1.82, 2.24) is 5.48 Å². The Kier molecular flexibility index (Phi) is 6.09. The van der Waals surface area contributed by atoms with Crippen LogP contribution in [0, 0.1) is 0 Å². The van der Waals surface area contributed by atoms with Crippen molar-refractivity contribution in [3.63, 3.8) is 0 Å². The molecule has 7 heteroatoms. The second-order valence-corrected chi connectivity index (χ2v) is 4.32. The van der Waals surface area contributed by atoms with E-state index >= 15 is 0 Å². The van der Waals surface area contributed by atoms with Gasteiger partial charge in [0.15, 0.2) is 18.1 Å². The quantitative estimate of drug-likeness (QED) is 0.785. The molecule has 1 N–H and O–H groups in total. The van der Waals surface area contributed by atoms with Crippen molar-refractivity contribution < 1.29 is 27.5 Å². The van der Waals surface area contributed by atoms with Crippen LogP contribution in [0.2, 0.25) is 0 Å². The van der Waals surface area contributed by atoms with E-state index < -0.39 is 12.8 Å². The van der Waals surface area contributed by atoms with Gasteiger partial charge >= 0.3 is 6.18 Å². The number of alkyl halides is 3. The molecule has 0 saturated heterocycles. The minimum Gasteiger partial charge on any atom is -0.493 e. The zero-order valence-electron chi connectivity index (χ0n) is 11.6. The molecular weight excluding hydrogens is 275 g/mol. The van der Waals surface area contributed by atoms with Crippen LogP contribution in [0.25, 0.3) is 0 Å². The van der Waals surface area contributed by atoms with Crippen LogP contribution in [0.1, 0.15) is 12.5 Å². The van der Waals surface area contributed by atoms with E-state index in [1.54, 1.807) is 19.1 Å². The first-order chi connectivity index (χ1) is 9.35. The molecule has 114 valence electrons. The maximum Gasteiger partial charge on any atom is 0.413 e. The van der Waals surface area contributed by atoms with Gasteiger partial charge in [-0.15, -0.1) is 0 Å². The van der Waals surface area contributed by atoms with Gasteiger partial charge in [-0.25, -0.2) is 0 Å². The highest BCUT2D eigenvalue weighted by Crippen LogP contribution is 2.27. The molecule has 4 nitrogen and oxygen atoms in total. The van der Waals surface area contributed by atoms with E-state index in [1.165, 1.54) is 14.2 Å². The van der Waals surface area contributed by atoms with Crippen LogP contribution in [0.3, 0.4) is 0 Å². The molecule has 0 bridgehead atoms. The zero-order valence-corrected chi connectivity index (χ0v) is 11.6. The smallest absolute Gasteiger partial charge is 0.413 e. The fourth-order valence-corrected chi connectivity index (χ4v) is 1.67. The number of benzene rings is 1. The summed E-state index contributed by atoms with van der Waals surface area (Å²) in [7, 11) is 3.06. The SMILES string of the molecule is COc1ccc(CC(C)NOCC(F)(F)F)cc1OC. The van der Waals surface area contributed by atoms with Gasteiger partial charge in [0.05, 0.1) is 14.2 Å². The molecule has 0 aromatic heterocycles. The lowest BCUT2D eigenvalue weighted by atomic mass is 10.1. The molecule has 1 aromatic carbocycles. The number of halogens is 3. The van der Waals surface area contributed by atoms with Crippen molar-refractivity contribution in [2.45, 2.75) is 25.6 Å². The molecule has 0 aliphatic carbocycles. The van der Waals surface area contributed by atoms with Gasteiger partial charge in [0.25, 0.3) is 0 Å². The third-order valence-electron chi connectivity index (χ3n) is 2.51. The summed E-state index contributed by atoms with van der Waals surface area (Å²) >= 11 is 0. The van der Waals surface area contributed by atoms with Crippen molar-refractivity contribution in [2.24, 2.45) is 0 Å². The number of ether oxygens (including phenoxy) is 2. The maximum atomic E-state index is 11.9. The third kappa shape index (κ3) is 5.66. The summed E-state index contributed by atoms with van der Waals surface area (Å²) in [6.45, 7) is 0.413. The highest BCUT2D eigenvalue weighted by Gasteiger charge is 2.28. The first-order valence-corrected chi connectivity index (χ1v) is 6.00. The zero-order chi connectivity index (χ0) is 15.2. The van der Waals surface area contributed by atoms with Gasteiger partial charge in [0.1, 0.15) is 0 Å². The lowest BCUT2D eigenvalue weighted by Gasteiger charge is -2.16. The minimum absolute atomic E-state index is 0.268. The average Bonchev–Trinajstić information content (AvgIpc) is 2.37. The summed E-state index contributed by atoms with van der Waals surface area (Å²) in [5, 5.41) is 0. The Balaban J connectivity index is 2.51. The molecule has 0 saturated carbocycles. The van der Waals surface area contributed by atoms with E-state index in [9.17, 15) is 13.2 Å². The third-order valence-corrected chi connectivity index (χ3v) is 2.51. The molecule has 0 aliphatic heterocycles. The van der Waals surface area contributed by atoms with Crippen LogP contribution in [0.15, 0.2) is 18.2 Å². The minimum atomic E-state index is -4.34. The summed E-state index contributed by atoms with van der Waals surface area (Å²) in [6.07, 6.45) is -3.84. The van der Waals surface area contributed by atoms with E-state index in [1.807, 2.05) is 6.07 Å². The highest BCUT2D eigenvalue weighted by molar-refractivity contribution is 5.43. The molecule has 0 aliphatic rings. The largest absolute Gasteiger partial charge is 0.493 e. The summed E-state index contributed by atoms with van der Waals surface area (Å²) in [5.41, 5.74) is 3.26. The molecule has 0 heterocycles. The van der Waals surface area contributed by atoms with Gasteiger partial charge in [-0.3, -0.25) is 4.84 Å². The number of hydroxylamine groups is 1. The van der Waals surface area contributed by atoms with Gasteiger partial charge in [-0.1, -0.05) is 6.07 Å². The molecule has 0 amide bonds. The van der Waals surface area contributed by atoms with Gasteiger partial charge in [-0.2, -0.15) is 18.7 Å². The Morgan fingerprint density at radius 1 is 1.15 bits per heavy atom. The monoisotopic (exact) mass is 293 g/mol. The van der Waals surface area contributed by atoms with Crippen molar-refractivity contribution in [2.75, 3.05) is 20.8 Å². The highest BCUT2D eigenvalue weighted by atomic mass is 19.4. The molecule has 20 heavy (non-hydrogen) atoms. The maximum absolute atomic E-state index is 11.9. The van der Waals surface area contributed by atoms with Gasteiger partial charge in [0, 0.05) is 6.04 Å². The van der Waals surface area contributed by atoms with Gasteiger partial charge in [-0.05, 0) is 31.0 Å². The van der Waals surface area contributed by atoms with Crippen LogP contribution in [-0.2, 0) is 11.3 Å². The summed E-state index contributed by atoms with van der Waals surface area (Å²) in [5.74, 6) is 1.18. The van der Waals surface area contributed by atoms with Crippen molar-refractivity contribution in [1.29, 1.82) is 0 Å². The Morgan fingerprint density at radius 3 is 2.35 bits per heavy atom. The molecule has 1 atom stereocenters. The molecule has 0 radical (unpaired) electrons. The summed E-state index contributed by atoms with van der Waals surface area (Å²) in [6, 6.07) is 5.08. The van der Waals surface area contributed by atoms with Crippen LogP contribution in [0.5, 0.6) is 11.5 Å². The van der Waals surface area contributed by atoms with Crippen molar-refractivity contribution in [3.8, 4) is 11.5 Å². The Labute approximate surface area is 115 Å².